The lowest BCUT2D eigenvalue weighted by Gasteiger charge is -2.11. The molecule has 2 aromatic rings. The molecule has 0 heterocycles. The van der Waals surface area contributed by atoms with Gasteiger partial charge in [-0.1, -0.05) is 12.1 Å². The predicted octanol–water partition coefficient (Wildman–Crippen LogP) is 4.66. The van der Waals surface area contributed by atoms with E-state index in [4.69, 9.17) is 4.74 Å². The molecule has 0 fully saturated rings. The number of aryl methyl sites for hydroxylation is 1. The number of benzene rings is 2. The number of ether oxygens (including phenoxy) is 1. The van der Waals surface area contributed by atoms with Crippen molar-refractivity contribution in [3.63, 3.8) is 0 Å². The molecule has 0 aliphatic carbocycles. The first-order valence-corrected chi connectivity index (χ1v) is 6.92. The highest BCUT2D eigenvalue weighted by Crippen LogP contribution is 2.37. The molecule has 0 aliphatic rings. The van der Waals surface area contributed by atoms with E-state index in [1.165, 1.54) is 13.0 Å². The fraction of sp³-hybridized carbons (Fsp3) is 0.133. The number of nitro benzene ring substituents is 1. The van der Waals surface area contributed by atoms with E-state index in [0.717, 1.165) is 0 Å². The molecule has 0 unspecified atom stereocenters. The van der Waals surface area contributed by atoms with E-state index in [9.17, 15) is 14.9 Å². The minimum atomic E-state index is -0.486. The normalized spacial score (nSPS) is 10.2. The van der Waals surface area contributed by atoms with Gasteiger partial charge in [0, 0.05) is 11.6 Å². The fourth-order valence-electron chi connectivity index (χ4n) is 1.83. The maximum absolute atomic E-state index is 11.3. The Morgan fingerprint density at radius 1 is 1.29 bits per heavy atom. The van der Waals surface area contributed by atoms with Crippen LogP contribution in [-0.2, 0) is 0 Å². The van der Waals surface area contributed by atoms with Gasteiger partial charge in [0.1, 0.15) is 5.75 Å². The van der Waals surface area contributed by atoms with Crippen LogP contribution >= 0.6 is 15.9 Å². The number of rotatable bonds is 4. The van der Waals surface area contributed by atoms with Gasteiger partial charge in [-0.3, -0.25) is 14.9 Å². The molecule has 0 amide bonds. The van der Waals surface area contributed by atoms with Gasteiger partial charge in [0.2, 0.25) is 5.75 Å². The van der Waals surface area contributed by atoms with E-state index in [1.54, 1.807) is 37.3 Å². The molecule has 0 saturated heterocycles. The number of Topliss-reactive ketones (excluding diaryl/α,β-unsaturated/α-hetero) is 1. The van der Waals surface area contributed by atoms with Crippen molar-refractivity contribution in [3.05, 3.63) is 62.1 Å². The quantitative estimate of drug-likeness (QED) is 0.457. The van der Waals surface area contributed by atoms with Gasteiger partial charge < -0.3 is 4.74 Å². The van der Waals surface area contributed by atoms with Crippen LogP contribution in [0, 0.1) is 17.0 Å². The van der Waals surface area contributed by atoms with Crippen molar-refractivity contribution in [1.29, 1.82) is 0 Å². The van der Waals surface area contributed by atoms with Crippen LogP contribution in [0.25, 0.3) is 0 Å². The Morgan fingerprint density at radius 2 is 2.00 bits per heavy atom. The predicted molar refractivity (Wildman–Crippen MR) is 82.1 cm³/mol. The van der Waals surface area contributed by atoms with Gasteiger partial charge in [-0.05, 0) is 53.5 Å². The summed E-state index contributed by atoms with van der Waals surface area (Å²) in [6.45, 7) is 3.20. The third kappa shape index (κ3) is 3.28. The molecule has 0 N–H and O–H groups in total. The van der Waals surface area contributed by atoms with Gasteiger partial charge >= 0.3 is 5.69 Å². The maximum Gasteiger partial charge on any atom is 0.311 e. The number of halogens is 1. The molecule has 0 aliphatic heterocycles. The van der Waals surface area contributed by atoms with Gasteiger partial charge in [-0.25, -0.2) is 0 Å². The molecule has 5 nitrogen and oxygen atoms in total. The Kier molecular flexibility index (Phi) is 4.37. The zero-order valence-corrected chi connectivity index (χ0v) is 13.0. The highest BCUT2D eigenvalue weighted by Gasteiger charge is 2.19. The molecule has 0 saturated carbocycles. The lowest BCUT2D eigenvalue weighted by atomic mass is 10.1. The van der Waals surface area contributed by atoms with E-state index in [2.05, 4.69) is 15.9 Å². The summed E-state index contributed by atoms with van der Waals surface area (Å²) in [5.74, 6) is 0.542. The third-order valence-corrected chi connectivity index (χ3v) is 3.56. The number of hydrogen-bond donors (Lipinski definition) is 0. The number of carbonyl (C=O) groups is 1. The molecule has 6 heteroatoms. The molecule has 0 atom stereocenters. The van der Waals surface area contributed by atoms with Crippen molar-refractivity contribution >= 4 is 27.4 Å². The number of para-hydroxylation sites is 1. The standard InChI is InChI=1S/C15H12BrNO4/c1-9-4-3-5-13(17(19)20)15(9)21-14-7-6-11(10(2)18)8-12(14)16/h3-8H,1-2H3. The zero-order chi connectivity index (χ0) is 15.6. The lowest BCUT2D eigenvalue weighted by Crippen LogP contribution is -1.97. The van der Waals surface area contributed by atoms with Crippen molar-refractivity contribution in [1.82, 2.24) is 0 Å². The Bertz CT molecular complexity index is 728. The molecule has 2 aromatic carbocycles. The highest BCUT2D eigenvalue weighted by atomic mass is 79.9. The SMILES string of the molecule is CC(=O)c1ccc(Oc2c(C)cccc2[N+](=O)[O-])c(Br)c1. The molecule has 0 aromatic heterocycles. The van der Waals surface area contributed by atoms with E-state index in [1.807, 2.05) is 0 Å². The number of nitrogens with zero attached hydrogens (tertiary/aromatic N) is 1. The second kappa shape index (κ2) is 6.05. The number of hydrogen-bond acceptors (Lipinski definition) is 4. The van der Waals surface area contributed by atoms with Gasteiger partial charge in [0.15, 0.2) is 5.78 Å². The summed E-state index contributed by atoms with van der Waals surface area (Å²) in [5.41, 5.74) is 1.10. The van der Waals surface area contributed by atoms with Crippen molar-refractivity contribution in [2.75, 3.05) is 0 Å². The summed E-state index contributed by atoms with van der Waals surface area (Å²) < 4.78 is 6.23. The van der Waals surface area contributed by atoms with Crippen molar-refractivity contribution in [2.45, 2.75) is 13.8 Å². The average Bonchev–Trinajstić information content (AvgIpc) is 2.42. The smallest absolute Gasteiger partial charge is 0.311 e. The summed E-state index contributed by atoms with van der Waals surface area (Å²) in [4.78, 5) is 21.9. The van der Waals surface area contributed by atoms with Crippen LogP contribution in [0.4, 0.5) is 5.69 Å². The van der Waals surface area contributed by atoms with Crippen molar-refractivity contribution < 1.29 is 14.5 Å². The average molecular weight is 350 g/mol. The summed E-state index contributed by atoms with van der Waals surface area (Å²) >= 11 is 3.31. The van der Waals surface area contributed by atoms with Crippen LogP contribution in [0.1, 0.15) is 22.8 Å². The minimum absolute atomic E-state index is 0.0656. The lowest BCUT2D eigenvalue weighted by molar-refractivity contribution is -0.385. The van der Waals surface area contributed by atoms with Gasteiger partial charge in [0.25, 0.3) is 0 Å². The first-order chi connectivity index (χ1) is 9.90. The molecule has 0 bridgehead atoms. The van der Waals surface area contributed by atoms with E-state index >= 15 is 0 Å². The Balaban J connectivity index is 2.44. The third-order valence-electron chi connectivity index (χ3n) is 2.94. The molecule has 2 rings (SSSR count). The van der Waals surface area contributed by atoms with E-state index in [0.29, 0.717) is 21.3 Å². The van der Waals surface area contributed by atoms with Crippen LogP contribution in [0.2, 0.25) is 0 Å². The zero-order valence-electron chi connectivity index (χ0n) is 11.4. The molecular formula is C15H12BrNO4. The van der Waals surface area contributed by atoms with Crippen molar-refractivity contribution in [3.8, 4) is 11.5 Å². The Morgan fingerprint density at radius 3 is 2.57 bits per heavy atom. The summed E-state index contributed by atoms with van der Waals surface area (Å²) in [6.07, 6.45) is 0. The molecule has 21 heavy (non-hydrogen) atoms. The highest BCUT2D eigenvalue weighted by molar-refractivity contribution is 9.10. The van der Waals surface area contributed by atoms with Crippen LogP contribution in [0.3, 0.4) is 0 Å². The topological polar surface area (TPSA) is 69.4 Å². The number of nitro groups is 1. The summed E-state index contributed by atoms with van der Waals surface area (Å²) in [5, 5.41) is 11.1. The van der Waals surface area contributed by atoms with Crippen LogP contribution in [-0.4, -0.2) is 10.7 Å². The second-order valence-electron chi connectivity index (χ2n) is 4.48. The summed E-state index contributed by atoms with van der Waals surface area (Å²) in [7, 11) is 0. The monoisotopic (exact) mass is 349 g/mol. The molecule has 108 valence electrons. The second-order valence-corrected chi connectivity index (χ2v) is 5.34. The largest absolute Gasteiger partial charge is 0.449 e. The van der Waals surface area contributed by atoms with Crippen molar-refractivity contribution in [2.24, 2.45) is 0 Å². The molecule has 0 spiro atoms. The number of carbonyl (C=O) groups excluding carboxylic acids is 1. The van der Waals surface area contributed by atoms with Gasteiger partial charge in [-0.2, -0.15) is 0 Å². The maximum atomic E-state index is 11.3. The molecule has 0 radical (unpaired) electrons. The fourth-order valence-corrected chi connectivity index (χ4v) is 2.29. The van der Waals surface area contributed by atoms with E-state index in [-0.39, 0.29) is 17.2 Å². The minimum Gasteiger partial charge on any atom is -0.449 e. The van der Waals surface area contributed by atoms with Crippen LogP contribution < -0.4 is 4.74 Å². The Labute approximate surface area is 129 Å². The van der Waals surface area contributed by atoms with Gasteiger partial charge in [0.05, 0.1) is 9.40 Å². The Hall–Kier alpha value is -2.21. The van der Waals surface area contributed by atoms with Gasteiger partial charge in [-0.15, -0.1) is 0 Å². The number of ketones is 1. The van der Waals surface area contributed by atoms with E-state index < -0.39 is 4.92 Å². The van der Waals surface area contributed by atoms with Crippen LogP contribution in [0.5, 0.6) is 11.5 Å². The van der Waals surface area contributed by atoms with Crippen LogP contribution in [0.15, 0.2) is 40.9 Å². The first-order valence-electron chi connectivity index (χ1n) is 6.12. The molecular weight excluding hydrogens is 338 g/mol. The summed E-state index contributed by atoms with van der Waals surface area (Å²) in [6, 6.07) is 9.58. The first kappa shape index (κ1) is 15.2.